The predicted octanol–water partition coefficient (Wildman–Crippen LogP) is 2.68. The number of likely N-dealkylation sites (tertiary alicyclic amines) is 1. The molecule has 100 valence electrons. The zero-order chi connectivity index (χ0) is 13.0. The molecule has 4 rings (SSSR count). The highest BCUT2D eigenvalue weighted by molar-refractivity contribution is 6.35. The van der Waals surface area contributed by atoms with Gasteiger partial charge in [-0.2, -0.15) is 0 Å². The van der Waals surface area contributed by atoms with E-state index in [1.165, 1.54) is 19.4 Å². The smallest absolute Gasteiger partial charge is 0.201 e. The molecule has 5 heteroatoms. The lowest BCUT2D eigenvalue weighted by Crippen LogP contribution is -2.24. The number of nitrogens with two attached hydrogens (primary N) is 1. The molecular formula is C14H17ClN4. The molecule has 1 aliphatic heterocycles. The van der Waals surface area contributed by atoms with Crippen LogP contribution < -0.4 is 5.73 Å². The first-order chi connectivity index (χ1) is 9.24. The van der Waals surface area contributed by atoms with E-state index < -0.39 is 0 Å². The van der Waals surface area contributed by atoms with Crippen molar-refractivity contribution in [2.24, 2.45) is 0 Å². The Bertz CT molecular complexity index is 632. The van der Waals surface area contributed by atoms with Crippen LogP contribution >= 0.6 is 11.6 Å². The zero-order valence-corrected chi connectivity index (χ0v) is 11.5. The highest BCUT2D eigenvalue weighted by Gasteiger charge is 2.35. The Morgan fingerprint density at radius 2 is 2.05 bits per heavy atom. The molecule has 1 aromatic heterocycles. The molecule has 2 N–H and O–H groups in total. The van der Waals surface area contributed by atoms with Gasteiger partial charge in [-0.1, -0.05) is 17.7 Å². The summed E-state index contributed by atoms with van der Waals surface area (Å²) >= 11 is 6.20. The molecule has 19 heavy (non-hydrogen) atoms. The van der Waals surface area contributed by atoms with Gasteiger partial charge < -0.3 is 10.3 Å². The van der Waals surface area contributed by atoms with Gasteiger partial charge in [0.25, 0.3) is 0 Å². The molecule has 2 aromatic rings. The van der Waals surface area contributed by atoms with E-state index >= 15 is 0 Å². The highest BCUT2D eigenvalue weighted by Crippen LogP contribution is 2.36. The van der Waals surface area contributed by atoms with Crippen LogP contribution in [0, 0.1) is 0 Å². The molecule has 4 nitrogen and oxygen atoms in total. The Hall–Kier alpha value is -1.26. The SMILES string of the molecule is Nc1nc2c(Cl)cccc2n1C1CCN(C2CC2)C1. The maximum absolute atomic E-state index is 6.20. The Labute approximate surface area is 117 Å². The molecule has 0 amide bonds. The van der Waals surface area contributed by atoms with Crippen LogP contribution in [0.5, 0.6) is 0 Å². The maximum atomic E-state index is 6.20. The second-order valence-electron chi connectivity index (χ2n) is 5.62. The average Bonchev–Trinajstić information content (AvgIpc) is 3.03. The van der Waals surface area contributed by atoms with Crippen LogP contribution in [0.1, 0.15) is 25.3 Å². The van der Waals surface area contributed by atoms with Gasteiger partial charge in [-0.25, -0.2) is 4.98 Å². The fourth-order valence-electron chi connectivity index (χ4n) is 3.23. The van der Waals surface area contributed by atoms with Gasteiger partial charge in [0.05, 0.1) is 16.6 Å². The quantitative estimate of drug-likeness (QED) is 0.917. The van der Waals surface area contributed by atoms with E-state index in [2.05, 4.69) is 20.5 Å². The van der Waals surface area contributed by atoms with E-state index in [4.69, 9.17) is 17.3 Å². The van der Waals surface area contributed by atoms with E-state index in [0.717, 1.165) is 30.0 Å². The Kier molecular flexibility index (Phi) is 2.50. The molecule has 0 spiro atoms. The van der Waals surface area contributed by atoms with Crippen LogP contribution in [0.15, 0.2) is 18.2 Å². The van der Waals surface area contributed by atoms with Crippen molar-refractivity contribution >= 4 is 28.6 Å². The number of anilines is 1. The number of nitrogen functional groups attached to an aromatic ring is 1. The number of aromatic nitrogens is 2. The van der Waals surface area contributed by atoms with Crippen molar-refractivity contribution in [1.82, 2.24) is 14.5 Å². The van der Waals surface area contributed by atoms with E-state index in [1.54, 1.807) is 0 Å². The number of halogens is 1. The van der Waals surface area contributed by atoms with E-state index in [-0.39, 0.29) is 0 Å². The summed E-state index contributed by atoms with van der Waals surface area (Å²) in [5.41, 5.74) is 8.00. The van der Waals surface area contributed by atoms with E-state index in [1.807, 2.05) is 12.1 Å². The van der Waals surface area contributed by atoms with Crippen LogP contribution in [-0.2, 0) is 0 Å². The minimum Gasteiger partial charge on any atom is -0.369 e. The van der Waals surface area contributed by atoms with Crippen LogP contribution in [0.3, 0.4) is 0 Å². The normalized spacial score (nSPS) is 24.4. The lowest BCUT2D eigenvalue weighted by Gasteiger charge is -2.17. The number of para-hydroxylation sites is 1. The van der Waals surface area contributed by atoms with Gasteiger partial charge in [0.15, 0.2) is 0 Å². The second-order valence-corrected chi connectivity index (χ2v) is 6.02. The molecule has 2 fully saturated rings. The summed E-state index contributed by atoms with van der Waals surface area (Å²) in [5.74, 6) is 0.589. The number of rotatable bonds is 2. The van der Waals surface area contributed by atoms with Gasteiger partial charge in [-0.15, -0.1) is 0 Å². The third-order valence-electron chi connectivity index (χ3n) is 4.32. The molecule has 1 aromatic carbocycles. The summed E-state index contributed by atoms with van der Waals surface area (Å²) in [6.07, 6.45) is 3.87. The molecule has 0 bridgehead atoms. The van der Waals surface area contributed by atoms with Crippen molar-refractivity contribution in [3.05, 3.63) is 23.2 Å². The van der Waals surface area contributed by atoms with Gasteiger partial charge in [0.1, 0.15) is 5.52 Å². The van der Waals surface area contributed by atoms with Gasteiger partial charge in [-0.05, 0) is 31.4 Å². The third kappa shape index (κ3) is 1.82. The molecule has 1 saturated carbocycles. The number of hydrogen-bond acceptors (Lipinski definition) is 3. The first kappa shape index (κ1) is 11.6. The summed E-state index contributed by atoms with van der Waals surface area (Å²) in [6.45, 7) is 2.27. The lowest BCUT2D eigenvalue weighted by molar-refractivity contribution is 0.315. The summed E-state index contributed by atoms with van der Waals surface area (Å²) in [6, 6.07) is 7.15. The van der Waals surface area contributed by atoms with Crippen molar-refractivity contribution in [3.8, 4) is 0 Å². The summed E-state index contributed by atoms with van der Waals surface area (Å²) in [7, 11) is 0. The Morgan fingerprint density at radius 1 is 1.21 bits per heavy atom. The second kappa shape index (κ2) is 4.12. The minimum absolute atomic E-state index is 0.434. The van der Waals surface area contributed by atoms with Crippen molar-refractivity contribution in [2.45, 2.75) is 31.3 Å². The molecule has 1 unspecified atom stereocenters. The first-order valence-electron chi connectivity index (χ1n) is 6.90. The van der Waals surface area contributed by atoms with Gasteiger partial charge >= 0.3 is 0 Å². The largest absolute Gasteiger partial charge is 0.369 e. The molecule has 2 heterocycles. The maximum Gasteiger partial charge on any atom is 0.201 e. The molecule has 2 aliphatic rings. The zero-order valence-electron chi connectivity index (χ0n) is 10.7. The number of fused-ring (bicyclic) bond motifs is 1. The topological polar surface area (TPSA) is 47.1 Å². The molecule has 1 saturated heterocycles. The fourth-order valence-corrected chi connectivity index (χ4v) is 3.45. The Balaban J connectivity index is 1.74. The lowest BCUT2D eigenvalue weighted by atomic mass is 10.2. The van der Waals surface area contributed by atoms with Gasteiger partial charge in [-0.3, -0.25) is 4.90 Å². The number of imidazole rings is 1. The summed E-state index contributed by atoms with van der Waals surface area (Å²) < 4.78 is 2.17. The van der Waals surface area contributed by atoms with E-state index in [0.29, 0.717) is 17.0 Å². The van der Waals surface area contributed by atoms with E-state index in [9.17, 15) is 0 Å². The molecule has 0 radical (unpaired) electrons. The first-order valence-corrected chi connectivity index (χ1v) is 7.28. The summed E-state index contributed by atoms with van der Waals surface area (Å²) in [4.78, 5) is 7.02. The van der Waals surface area contributed by atoms with Gasteiger partial charge in [0.2, 0.25) is 5.95 Å². The van der Waals surface area contributed by atoms with Crippen LogP contribution in [-0.4, -0.2) is 33.6 Å². The molecule has 1 atom stereocenters. The average molecular weight is 277 g/mol. The minimum atomic E-state index is 0.434. The number of nitrogens with zero attached hydrogens (tertiary/aromatic N) is 3. The molecular weight excluding hydrogens is 260 g/mol. The van der Waals surface area contributed by atoms with Gasteiger partial charge in [0, 0.05) is 19.1 Å². The van der Waals surface area contributed by atoms with Crippen LogP contribution in [0.25, 0.3) is 11.0 Å². The fraction of sp³-hybridized carbons (Fsp3) is 0.500. The Morgan fingerprint density at radius 3 is 2.84 bits per heavy atom. The standard InChI is InChI=1S/C14H17ClN4/c15-11-2-1-3-12-13(11)17-14(16)19(12)10-6-7-18(8-10)9-4-5-9/h1-3,9-10H,4-8H2,(H2,16,17). The monoisotopic (exact) mass is 276 g/mol. The third-order valence-corrected chi connectivity index (χ3v) is 4.63. The summed E-state index contributed by atoms with van der Waals surface area (Å²) in [5, 5.41) is 0.681. The molecule has 1 aliphatic carbocycles. The van der Waals surface area contributed by atoms with Crippen molar-refractivity contribution in [2.75, 3.05) is 18.8 Å². The highest BCUT2D eigenvalue weighted by atomic mass is 35.5. The van der Waals surface area contributed by atoms with Crippen molar-refractivity contribution in [1.29, 1.82) is 0 Å². The van der Waals surface area contributed by atoms with Crippen molar-refractivity contribution in [3.63, 3.8) is 0 Å². The predicted molar refractivity (Wildman–Crippen MR) is 77.4 cm³/mol. The van der Waals surface area contributed by atoms with Crippen LogP contribution in [0.4, 0.5) is 5.95 Å². The van der Waals surface area contributed by atoms with Crippen molar-refractivity contribution < 1.29 is 0 Å². The van der Waals surface area contributed by atoms with Crippen LogP contribution in [0.2, 0.25) is 5.02 Å². The number of benzene rings is 1. The number of hydrogen-bond donors (Lipinski definition) is 1.